The first kappa shape index (κ1) is 16.6. The van der Waals surface area contributed by atoms with Crippen LogP contribution in [0.25, 0.3) is 0 Å². The molecule has 1 aromatic heterocycles. The Kier molecular flexibility index (Phi) is 3.92. The van der Waals surface area contributed by atoms with Gasteiger partial charge in [-0.25, -0.2) is 0 Å². The maximum atomic E-state index is 12.9. The average molecular weight is 351 g/mol. The van der Waals surface area contributed by atoms with Crippen LogP contribution in [0, 0.1) is 0 Å². The number of methoxy groups -OCH3 is 1. The zero-order chi connectivity index (χ0) is 17.6. The molecule has 8 nitrogen and oxygen atoms in total. The van der Waals surface area contributed by atoms with Crippen LogP contribution < -0.4 is 5.73 Å². The zero-order valence-corrected chi connectivity index (χ0v) is 14.1. The van der Waals surface area contributed by atoms with E-state index in [0.717, 1.165) is 21.1 Å². The Balaban J connectivity index is 1.96. The Morgan fingerprint density at radius 1 is 1.29 bits per heavy atom. The van der Waals surface area contributed by atoms with E-state index in [4.69, 9.17) is 10.5 Å². The van der Waals surface area contributed by atoms with Gasteiger partial charge in [0.15, 0.2) is 0 Å². The van der Waals surface area contributed by atoms with Crippen molar-refractivity contribution in [2.75, 3.05) is 26.0 Å². The van der Waals surface area contributed by atoms with Crippen molar-refractivity contribution in [2.24, 2.45) is 0 Å². The molecule has 0 radical (unpaired) electrons. The van der Waals surface area contributed by atoms with E-state index < -0.39 is 23.3 Å². The molecule has 1 atom stereocenters. The van der Waals surface area contributed by atoms with E-state index in [9.17, 15) is 19.2 Å². The van der Waals surface area contributed by atoms with Gasteiger partial charge in [0.25, 0.3) is 17.7 Å². The van der Waals surface area contributed by atoms with Crippen LogP contribution in [0.5, 0.6) is 0 Å². The van der Waals surface area contributed by atoms with Crippen molar-refractivity contribution < 1.29 is 23.9 Å². The number of carbonyl (C=O) groups is 4. The van der Waals surface area contributed by atoms with Crippen LogP contribution in [0.15, 0.2) is 5.38 Å². The summed E-state index contributed by atoms with van der Waals surface area (Å²) in [7, 11) is 1.46. The summed E-state index contributed by atoms with van der Waals surface area (Å²) in [6, 6.07) is 0. The Hall–Kier alpha value is -2.26. The number of carbonyl (C=O) groups excluding carboxylic acids is 4. The molecule has 3 heterocycles. The molecule has 1 aromatic rings. The highest BCUT2D eigenvalue weighted by atomic mass is 32.1. The van der Waals surface area contributed by atoms with Crippen molar-refractivity contribution in [1.29, 1.82) is 0 Å². The molecule has 0 bridgehead atoms. The Morgan fingerprint density at radius 2 is 2.00 bits per heavy atom. The summed E-state index contributed by atoms with van der Waals surface area (Å²) >= 11 is 1.12. The van der Waals surface area contributed by atoms with Crippen LogP contribution in [0.4, 0.5) is 5.00 Å². The molecule has 1 unspecified atom stereocenters. The minimum atomic E-state index is -1.40. The van der Waals surface area contributed by atoms with E-state index in [1.54, 1.807) is 0 Å². The summed E-state index contributed by atoms with van der Waals surface area (Å²) in [5, 5.41) is 1.78. The highest BCUT2D eigenvalue weighted by molar-refractivity contribution is 7.14. The fraction of sp³-hybridized carbons (Fsp3) is 0.467. The summed E-state index contributed by atoms with van der Waals surface area (Å²) in [6.45, 7) is 1.79. The smallest absolute Gasteiger partial charge is 0.265 e. The Labute approximate surface area is 142 Å². The van der Waals surface area contributed by atoms with Crippen LogP contribution in [0.3, 0.4) is 0 Å². The number of nitrogens with two attached hydrogens (primary N) is 1. The van der Waals surface area contributed by atoms with Crippen LogP contribution in [0.1, 0.15) is 40.5 Å². The second-order valence-electron chi connectivity index (χ2n) is 5.95. The second kappa shape index (κ2) is 5.67. The lowest BCUT2D eigenvalue weighted by Crippen LogP contribution is -2.64. The van der Waals surface area contributed by atoms with Gasteiger partial charge >= 0.3 is 0 Å². The molecule has 2 N–H and O–H groups in total. The predicted octanol–water partition coefficient (Wildman–Crippen LogP) is 0.480. The molecule has 2 aliphatic heterocycles. The largest absolute Gasteiger partial charge is 0.390 e. The number of hydrogen-bond acceptors (Lipinski definition) is 7. The van der Waals surface area contributed by atoms with Gasteiger partial charge in [0, 0.05) is 18.9 Å². The molecule has 0 spiro atoms. The summed E-state index contributed by atoms with van der Waals surface area (Å²) in [5.74, 6) is -2.02. The van der Waals surface area contributed by atoms with Gasteiger partial charge in [-0.1, -0.05) is 0 Å². The van der Waals surface area contributed by atoms with Crippen molar-refractivity contribution in [1.82, 2.24) is 9.80 Å². The van der Waals surface area contributed by atoms with E-state index in [1.807, 2.05) is 0 Å². The van der Waals surface area contributed by atoms with E-state index in [2.05, 4.69) is 0 Å². The highest BCUT2D eigenvalue weighted by Gasteiger charge is 2.55. The highest BCUT2D eigenvalue weighted by Crippen LogP contribution is 2.40. The number of thiophene rings is 1. The normalized spacial score (nSPS) is 24.1. The third-order valence-electron chi connectivity index (χ3n) is 4.52. The summed E-state index contributed by atoms with van der Waals surface area (Å²) in [6.07, 6.45) is 0.171. The zero-order valence-electron chi connectivity index (χ0n) is 13.3. The minimum Gasteiger partial charge on any atom is -0.390 e. The van der Waals surface area contributed by atoms with Gasteiger partial charge in [-0.05, 0) is 13.3 Å². The van der Waals surface area contributed by atoms with Crippen molar-refractivity contribution in [2.45, 2.75) is 25.3 Å². The van der Waals surface area contributed by atoms with Crippen LogP contribution in [0.2, 0.25) is 0 Å². The fourth-order valence-electron chi connectivity index (χ4n) is 3.14. The molecule has 0 saturated carbocycles. The fourth-order valence-corrected chi connectivity index (χ4v) is 3.91. The Morgan fingerprint density at radius 3 is 2.62 bits per heavy atom. The van der Waals surface area contributed by atoms with E-state index in [0.29, 0.717) is 0 Å². The van der Waals surface area contributed by atoms with Crippen molar-refractivity contribution in [3.05, 3.63) is 16.5 Å². The van der Waals surface area contributed by atoms with Gasteiger partial charge in [-0.3, -0.25) is 29.0 Å². The van der Waals surface area contributed by atoms with Crippen molar-refractivity contribution in [3.8, 4) is 0 Å². The molecule has 9 heteroatoms. The summed E-state index contributed by atoms with van der Waals surface area (Å²) < 4.78 is 4.92. The Bertz CT molecular complexity index is 758. The number of amides is 4. The number of imide groups is 2. The van der Waals surface area contributed by atoms with Crippen LogP contribution in [-0.2, 0) is 14.3 Å². The third kappa shape index (κ3) is 2.15. The number of anilines is 1. The molecule has 0 aromatic carbocycles. The van der Waals surface area contributed by atoms with Gasteiger partial charge in [-0.2, -0.15) is 0 Å². The van der Waals surface area contributed by atoms with Gasteiger partial charge < -0.3 is 10.5 Å². The molecular formula is C15H17N3O5S. The number of nitrogen functional groups attached to an aromatic ring is 1. The molecule has 24 heavy (non-hydrogen) atoms. The molecule has 1 saturated heterocycles. The van der Waals surface area contributed by atoms with E-state index in [1.165, 1.54) is 19.4 Å². The van der Waals surface area contributed by atoms with Crippen LogP contribution >= 0.6 is 11.3 Å². The first-order valence-electron chi connectivity index (χ1n) is 7.42. The lowest BCUT2D eigenvalue weighted by Gasteiger charge is -2.42. The molecule has 2 aliphatic rings. The van der Waals surface area contributed by atoms with Gasteiger partial charge in [0.1, 0.15) is 5.54 Å². The molecule has 3 rings (SSSR count). The lowest BCUT2D eigenvalue weighted by atomic mass is 9.87. The number of piperidine rings is 1. The number of rotatable bonds is 4. The van der Waals surface area contributed by atoms with E-state index >= 15 is 0 Å². The molecule has 1 fully saturated rings. The molecule has 128 valence electrons. The lowest BCUT2D eigenvalue weighted by molar-refractivity contribution is -0.157. The maximum Gasteiger partial charge on any atom is 0.265 e. The minimum absolute atomic E-state index is 0.0747. The van der Waals surface area contributed by atoms with Crippen molar-refractivity contribution >= 4 is 40.0 Å². The molecular weight excluding hydrogens is 334 g/mol. The van der Waals surface area contributed by atoms with Crippen LogP contribution in [-0.4, -0.2) is 59.2 Å². The van der Waals surface area contributed by atoms with Crippen molar-refractivity contribution in [3.63, 3.8) is 0 Å². The second-order valence-corrected chi connectivity index (χ2v) is 6.86. The number of fused-ring (bicyclic) bond motifs is 1. The number of ether oxygens (including phenoxy) is 1. The SMILES string of the molecule is COCCN1C(=O)CCC(C)(N2C(=O)c3csc(N)c3C2=O)C1=O. The quantitative estimate of drug-likeness (QED) is 0.790. The van der Waals surface area contributed by atoms with Gasteiger partial charge in [-0.15, -0.1) is 11.3 Å². The van der Waals surface area contributed by atoms with Gasteiger partial charge in [0.2, 0.25) is 5.91 Å². The maximum absolute atomic E-state index is 12.9. The standard InChI is InChI=1S/C15H17N3O5S/c1-15(4-3-9(19)17(14(15)22)5-6-23-2)18-12(20)8-7-24-11(16)10(8)13(18)21/h7H,3-6,16H2,1-2H3. The number of nitrogens with zero attached hydrogens (tertiary/aromatic N) is 2. The first-order valence-corrected chi connectivity index (χ1v) is 8.30. The topological polar surface area (TPSA) is 110 Å². The molecule has 0 aliphatic carbocycles. The predicted molar refractivity (Wildman–Crippen MR) is 85.5 cm³/mol. The number of likely N-dealkylation sites (tertiary alicyclic amines) is 1. The number of hydrogen-bond donors (Lipinski definition) is 1. The summed E-state index contributed by atoms with van der Waals surface area (Å²) in [4.78, 5) is 52.3. The third-order valence-corrected chi connectivity index (χ3v) is 5.33. The summed E-state index contributed by atoms with van der Waals surface area (Å²) in [5.41, 5.74) is 4.75. The molecule has 4 amide bonds. The van der Waals surface area contributed by atoms with Gasteiger partial charge in [0.05, 0.1) is 29.3 Å². The van der Waals surface area contributed by atoms with E-state index in [-0.39, 0.29) is 48.0 Å². The monoisotopic (exact) mass is 351 g/mol. The average Bonchev–Trinajstić information content (AvgIpc) is 3.04. The first-order chi connectivity index (χ1) is 11.3.